The smallest absolute Gasteiger partial charge is 0.335 e. The molecule has 2 heterocycles. The van der Waals surface area contributed by atoms with Crippen LogP contribution in [-0.4, -0.2) is 55.7 Å². The summed E-state index contributed by atoms with van der Waals surface area (Å²) in [6.45, 7) is 0. The first-order valence-electron chi connectivity index (χ1n) is 12.7. The number of hydrogen-bond acceptors (Lipinski definition) is 9. The molecule has 1 saturated carbocycles. The summed E-state index contributed by atoms with van der Waals surface area (Å²) in [6, 6.07) is 10.6. The predicted molar refractivity (Wildman–Crippen MR) is 150 cm³/mol. The molecule has 2 aromatic heterocycles. The number of nitrogens with one attached hydrogen (secondary N) is 2. The highest BCUT2D eigenvalue weighted by atomic mass is 32.2. The number of ether oxygens (including phenoxy) is 2. The molecular formula is C28H29N5O6S. The molecule has 0 atom stereocenters. The van der Waals surface area contributed by atoms with Crippen LogP contribution in [-0.2, 0) is 10.0 Å². The minimum Gasteiger partial charge on any atom is -0.480 e. The number of aromatic carboxylic acids is 1. The quantitative estimate of drug-likeness (QED) is 0.261. The maximum absolute atomic E-state index is 13.0. The number of carbonyl (C=O) groups is 1. The summed E-state index contributed by atoms with van der Waals surface area (Å²) in [4.78, 5) is 24.7. The summed E-state index contributed by atoms with van der Waals surface area (Å²) in [6.07, 6.45) is 7.02. The van der Waals surface area contributed by atoms with E-state index in [1.165, 1.54) is 33.5 Å². The highest BCUT2D eigenvalue weighted by molar-refractivity contribution is 7.89. The zero-order valence-corrected chi connectivity index (χ0v) is 23.1. The molecular weight excluding hydrogens is 534 g/mol. The van der Waals surface area contributed by atoms with Crippen LogP contribution in [0.25, 0.3) is 22.0 Å². The second kappa shape index (κ2) is 11.1. The number of benzene rings is 2. The Balaban J connectivity index is 1.66. The second-order valence-electron chi connectivity index (χ2n) is 9.47. The van der Waals surface area contributed by atoms with Crippen LogP contribution in [0.2, 0.25) is 0 Å². The van der Waals surface area contributed by atoms with E-state index in [0.29, 0.717) is 33.6 Å². The average molecular weight is 564 g/mol. The van der Waals surface area contributed by atoms with Crippen molar-refractivity contribution in [3.8, 4) is 23.0 Å². The van der Waals surface area contributed by atoms with Crippen molar-refractivity contribution < 1.29 is 27.8 Å². The third-order valence-electron chi connectivity index (χ3n) is 7.11. The summed E-state index contributed by atoms with van der Waals surface area (Å²) in [7, 11) is 0.360. The number of carboxylic acids is 1. The normalized spacial score (nSPS) is 13.9. The van der Waals surface area contributed by atoms with Gasteiger partial charge in [-0.2, -0.15) is 4.98 Å². The summed E-state index contributed by atoms with van der Waals surface area (Å²) >= 11 is 0. The van der Waals surface area contributed by atoms with Crippen LogP contribution in [0.1, 0.15) is 47.5 Å². The molecule has 1 fully saturated rings. The SMILES string of the molecule is CNS(=O)(=O)c1cnc2cc(-c3cnc(OC)nc3OC)ccc2c1Nc1cc(C(=O)O)cc(C2CCCC2)c1. The largest absolute Gasteiger partial charge is 0.480 e. The number of pyridine rings is 1. The summed E-state index contributed by atoms with van der Waals surface area (Å²) in [5.74, 6) is -0.478. The molecule has 0 spiro atoms. The molecule has 12 heteroatoms. The number of nitrogens with zero attached hydrogens (tertiary/aromatic N) is 3. The molecule has 0 saturated heterocycles. The standard InChI is InChI=1S/C28H29N5O6S/c1-29-40(36,37)24-15-30-23-13-17(22-14-31-28(39-3)33-26(22)38-2)8-9-21(23)25(24)32-20-11-18(16-6-4-5-7-16)10-19(12-20)27(34)35/h8-16,29H,4-7H2,1-3H3,(H,30,32)(H,34,35). The lowest BCUT2D eigenvalue weighted by Gasteiger charge is -2.18. The molecule has 0 unspecified atom stereocenters. The summed E-state index contributed by atoms with van der Waals surface area (Å²) in [5, 5.41) is 13.5. The molecule has 3 N–H and O–H groups in total. The van der Waals surface area contributed by atoms with Crippen molar-refractivity contribution in [2.45, 2.75) is 36.5 Å². The lowest BCUT2D eigenvalue weighted by atomic mass is 9.95. The first-order valence-corrected chi connectivity index (χ1v) is 14.2. The fraction of sp³-hybridized carbons (Fsp3) is 0.286. The van der Waals surface area contributed by atoms with Gasteiger partial charge in [-0.1, -0.05) is 25.0 Å². The second-order valence-corrected chi connectivity index (χ2v) is 11.3. The van der Waals surface area contributed by atoms with Gasteiger partial charge in [0.2, 0.25) is 15.9 Å². The van der Waals surface area contributed by atoms with E-state index in [4.69, 9.17) is 9.47 Å². The predicted octanol–water partition coefficient (Wildman–Crippen LogP) is 4.72. The number of sulfonamides is 1. The lowest BCUT2D eigenvalue weighted by molar-refractivity contribution is 0.0696. The van der Waals surface area contributed by atoms with E-state index in [2.05, 4.69) is 25.0 Å². The minimum atomic E-state index is -3.92. The molecule has 2 aromatic carbocycles. The van der Waals surface area contributed by atoms with Crippen LogP contribution in [0, 0.1) is 0 Å². The van der Waals surface area contributed by atoms with Crippen molar-refractivity contribution in [1.29, 1.82) is 0 Å². The molecule has 0 bridgehead atoms. The van der Waals surface area contributed by atoms with E-state index in [-0.39, 0.29) is 28.1 Å². The van der Waals surface area contributed by atoms with E-state index in [9.17, 15) is 18.3 Å². The van der Waals surface area contributed by atoms with E-state index in [1.807, 2.05) is 6.07 Å². The number of aromatic nitrogens is 3. The molecule has 208 valence electrons. The van der Waals surface area contributed by atoms with Crippen molar-refractivity contribution in [3.63, 3.8) is 0 Å². The van der Waals surface area contributed by atoms with Crippen LogP contribution >= 0.6 is 0 Å². The highest BCUT2D eigenvalue weighted by Gasteiger charge is 2.23. The Labute approximate surface area is 231 Å². The van der Waals surface area contributed by atoms with Crippen LogP contribution in [0.5, 0.6) is 11.9 Å². The van der Waals surface area contributed by atoms with E-state index in [0.717, 1.165) is 31.2 Å². The third-order valence-corrected chi connectivity index (χ3v) is 8.54. The van der Waals surface area contributed by atoms with Gasteiger partial charge in [0.25, 0.3) is 0 Å². The molecule has 5 rings (SSSR count). The van der Waals surface area contributed by atoms with E-state index < -0.39 is 16.0 Å². The molecule has 1 aliphatic carbocycles. The molecule has 11 nitrogen and oxygen atoms in total. The van der Waals surface area contributed by atoms with Crippen molar-refractivity contribution in [2.75, 3.05) is 26.6 Å². The number of methoxy groups -OCH3 is 2. The van der Waals surface area contributed by atoms with Crippen LogP contribution in [0.3, 0.4) is 0 Å². The lowest BCUT2D eigenvalue weighted by Crippen LogP contribution is -2.20. The zero-order valence-electron chi connectivity index (χ0n) is 22.3. The number of anilines is 2. The van der Waals surface area contributed by atoms with Gasteiger partial charge in [-0.25, -0.2) is 22.9 Å². The molecule has 1 aliphatic rings. The Bertz CT molecular complexity index is 1700. The maximum atomic E-state index is 13.0. The number of fused-ring (bicyclic) bond motifs is 1. The van der Waals surface area contributed by atoms with Crippen LogP contribution in [0.4, 0.5) is 11.4 Å². The Morgan fingerprint density at radius 1 is 1.02 bits per heavy atom. The van der Waals surface area contributed by atoms with E-state index in [1.54, 1.807) is 30.5 Å². The van der Waals surface area contributed by atoms with Crippen molar-refractivity contribution >= 4 is 38.3 Å². The minimum absolute atomic E-state index is 0.0660. The summed E-state index contributed by atoms with van der Waals surface area (Å²) < 4.78 is 38.9. The first kappa shape index (κ1) is 27.3. The van der Waals surface area contributed by atoms with Gasteiger partial charge in [0.15, 0.2) is 0 Å². The zero-order chi connectivity index (χ0) is 28.4. The highest BCUT2D eigenvalue weighted by Crippen LogP contribution is 2.39. The molecule has 0 radical (unpaired) electrons. The molecule has 0 amide bonds. The monoisotopic (exact) mass is 563 g/mol. The summed E-state index contributed by atoms with van der Waals surface area (Å²) in [5.41, 5.74) is 3.62. The fourth-order valence-corrected chi connectivity index (χ4v) is 5.92. The topological polar surface area (TPSA) is 153 Å². The molecule has 0 aliphatic heterocycles. The first-order chi connectivity index (χ1) is 19.2. The van der Waals surface area contributed by atoms with Gasteiger partial charge in [-0.15, -0.1) is 0 Å². The Kier molecular flexibility index (Phi) is 7.55. The maximum Gasteiger partial charge on any atom is 0.335 e. The van der Waals surface area contributed by atoms with Crippen molar-refractivity contribution in [3.05, 3.63) is 59.9 Å². The Morgan fingerprint density at radius 3 is 2.48 bits per heavy atom. The van der Waals surface area contributed by atoms with E-state index >= 15 is 0 Å². The van der Waals surface area contributed by atoms with Gasteiger partial charge in [-0.3, -0.25) is 4.98 Å². The average Bonchev–Trinajstić information content (AvgIpc) is 3.51. The third kappa shape index (κ3) is 5.27. The molecule has 40 heavy (non-hydrogen) atoms. The van der Waals surface area contributed by atoms with Crippen LogP contribution in [0.15, 0.2) is 53.7 Å². The number of hydrogen-bond donors (Lipinski definition) is 3. The van der Waals surface area contributed by atoms with Gasteiger partial charge in [0.05, 0.1) is 36.6 Å². The Hall–Kier alpha value is -4.29. The van der Waals surface area contributed by atoms with Gasteiger partial charge >= 0.3 is 12.0 Å². The number of rotatable bonds is 9. The molecule has 4 aromatic rings. The Morgan fingerprint density at radius 2 is 1.80 bits per heavy atom. The van der Waals surface area contributed by atoms with Crippen LogP contribution < -0.4 is 19.5 Å². The van der Waals surface area contributed by atoms with Gasteiger partial charge in [0.1, 0.15) is 4.90 Å². The van der Waals surface area contributed by atoms with Crippen molar-refractivity contribution in [1.82, 2.24) is 19.7 Å². The number of carboxylic acid groups (broad SMARTS) is 1. The van der Waals surface area contributed by atoms with Crippen molar-refractivity contribution in [2.24, 2.45) is 0 Å². The fourth-order valence-electron chi connectivity index (χ4n) is 5.07. The van der Waals surface area contributed by atoms with Gasteiger partial charge in [-0.05, 0) is 61.2 Å². The van der Waals surface area contributed by atoms with Gasteiger partial charge in [0, 0.05) is 23.5 Å². The van der Waals surface area contributed by atoms with Gasteiger partial charge < -0.3 is 19.9 Å².